The quantitative estimate of drug-likeness (QED) is 0.721. The first kappa shape index (κ1) is 18.4. The van der Waals surface area contributed by atoms with E-state index in [0.29, 0.717) is 11.6 Å². The van der Waals surface area contributed by atoms with Crippen molar-refractivity contribution in [3.8, 4) is 22.9 Å². The summed E-state index contributed by atoms with van der Waals surface area (Å²) in [6, 6.07) is 16.8. The van der Waals surface area contributed by atoms with Crippen molar-refractivity contribution < 1.29 is 14.3 Å². The minimum Gasteiger partial charge on any atom is -0.483 e. The average molecular weight is 363 g/mol. The molecule has 1 amide bonds. The molecule has 0 unspecified atom stereocenters. The molecule has 0 bridgehead atoms. The van der Waals surface area contributed by atoms with Crippen molar-refractivity contribution in [1.82, 2.24) is 10.2 Å². The molecule has 0 aliphatic rings. The highest BCUT2D eigenvalue weighted by molar-refractivity contribution is 5.92. The molecular formula is C21H21N3O3. The maximum Gasteiger partial charge on any atom is 0.262 e. The third kappa shape index (κ3) is 4.61. The molecule has 0 spiro atoms. The summed E-state index contributed by atoms with van der Waals surface area (Å²) in [5.74, 6) is 1.00. The molecule has 27 heavy (non-hydrogen) atoms. The van der Waals surface area contributed by atoms with Crippen LogP contribution in [0.5, 0.6) is 11.6 Å². The summed E-state index contributed by atoms with van der Waals surface area (Å²) in [7, 11) is 1.55. The molecule has 0 radical (unpaired) electrons. The van der Waals surface area contributed by atoms with Crippen molar-refractivity contribution in [1.29, 1.82) is 0 Å². The van der Waals surface area contributed by atoms with Gasteiger partial charge in [0, 0.05) is 17.3 Å². The van der Waals surface area contributed by atoms with Gasteiger partial charge >= 0.3 is 0 Å². The molecule has 0 saturated carbocycles. The zero-order valence-electron chi connectivity index (χ0n) is 15.5. The molecule has 0 aliphatic carbocycles. The van der Waals surface area contributed by atoms with Crippen LogP contribution in [0.1, 0.15) is 11.1 Å². The average Bonchev–Trinajstić information content (AvgIpc) is 2.68. The Morgan fingerprint density at radius 1 is 0.963 bits per heavy atom. The Balaban J connectivity index is 1.59. The van der Waals surface area contributed by atoms with Crippen LogP contribution >= 0.6 is 0 Å². The number of methoxy groups -OCH3 is 1. The third-order valence-electron chi connectivity index (χ3n) is 4.07. The van der Waals surface area contributed by atoms with Crippen molar-refractivity contribution in [2.24, 2.45) is 0 Å². The molecule has 0 aliphatic heterocycles. The molecule has 6 nitrogen and oxygen atoms in total. The first-order chi connectivity index (χ1) is 13.1. The number of hydrogen-bond acceptors (Lipinski definition) is 5. The molecule has 6 heteroatoms. The first-order valence-corrected chi connectivity index (χ1v) is 8.54. The number of ether oxygens (including phenoxy) is 2. The molecular weight excluding hydrogens is 342 g/mol. The Hall–Kier alpha value is -3.41. The van der Waals surface area contributed by atoms with E-state index in [1.807, 2.05) is 62.4 Å². The van der Waals surface area contributed by atoms with E-state index >= 15 is 0 Å². The third-order valence-corrected chi connectivity index (χ3v) is 4.07. The van der Waals surface area contributed by atoms with Gasteiger partial charge < -0.3 is 14.8 Å². The molecule has 0 fully saturated rings. The molecule has 2 aromatic carbocycles. The number of benzene rings is 2. The highest BCUT2D eigenvalue weighted by atomic mass is 16.5. The number of para-hydroxylation sites is 1. The van der Waals surface area contributed by atoms with Gasteiger partial charge in [0.2, 0.25) is 5.88 Å². The van der Waals surface area contributed by atoms with Crippen LogP contribution in [0.2, 0.25) is 0 Å². The van der Waals surface area contributed by atoms with E-state index in [4.69, 9.17) is 9.47 Å². The second kappa shape index (κ2) is 8.31. The summed E-state index contributed by atoms with van der Waals surface area (Å²) in [4.78, 5) is 12.2. The number of nitrogens with one attached hydrogen (secondary N) is 1. The molecule has 1 aromatic heterocycles. The van der Waals surface area contributed by atoms with Crippen LogP contribution in [0, 0.1) is 13.8 Å². The van der Waals surface area contributed by atoms with Gasteiger partial charge in [-0.05, 0) is 43.2 Å². The Labute approximate surface area is 158 Å². The van der Waals surface area contributed by atoms with E-state index in [2.05, 4.69) is 15.5 Å². The minimum atomic E-state index is -0.213. The van der Waals surface area contributed by atoms with Gasteiger partial charge in [0.15, 0.2) is 6.61 Å². The number of hydrogen-bond donors (Lipinski definition) is 1. The summed E-state index contributed by atoms with van der Waals surface area (Å²) in [6.45, 7) is 3.87. The Bertz CT molecular complexity index is 902. The summed E-state index contributed by atoms with van der Waals surface area (Å²) < 4.78 is 10.7. The summed E-state index contributed by atoms with van der Waals surface area (Å²) in [5.41, 5.74) is 4.33. The topological polar surface area (TPSA) is 73.3 Å². The van der Waals surface area contributed by atoms with Gasteiger partial charge in [-0.2, -0.15) is 0 Å². The molecule has 3 aromatic rings. The lowest BCUT2D eigenvalue weighted by atomic mass is 10.1. The number of aromatic nitrogens is 2. The van der Waals surface area contributed by atoms with Crippen molar-refractivity contribution >= 4 is 11.6 Å². The molecule has 3 rings (SSSR count). The van der Waals surface area contributed by atoms with E-state index in [-0.39, 0.29) is 12.5 Å². The van der Waals surface area contributed by atoms with Crippen molar-refractivity contribution in [3.05, 3.63) is 65.7 Å². The molecule has 1 heterocycles. The van der Waals surface area contributed by atoms with Crippen LogP contribution in [-0.4, -0.2) is 29.8 Å². The summed E-state index contributed by atoms with van der Waals surface area (Å²) >= 11 is 0. The lowest BCUT2D eigenvalue weighted by molar-refractivity contribution is -0.118. The zero-order valence-corrected chi connectivity index (χ0v) is 15.5. The summed E-state index contributed by atoms with van der Waals surface area (Å²) in [6.07, 6.45) is 0. The Morgan fingerprint density at radius 3 is 2.26 bits per heavy atom. The van der Waals surface area contributed by atoms with Crippen LogP contribution < -0.4 is 14.8 Å². The first-order valence-electron chi connectivity index (χ1n) is 8.54. The number of anilines is 1. The minimum absolute atomic E-state index is 0.0442. The second-order valence-corrected chi connectivity index (χ2v) is 6.10. The van der Waals surface area contributed by atoms with Crippen LogP contribution in [0.15, 0.2) is 54.6 Å². The highest BCUT2D eigenvalue weighted by Crippen LogP contribution is 2.23. The van der Waals surface area contributed by atoms with Crippen LogP contribution in [0.4, 0.5) is 5.69 Å². The van der Waals surface area contributed by atoms with Crippen molar-refractivity contribution in [3.63, 3.8) is 0 Å². The number of carbonyl (C=O) groups is 1. The van der Waals surface area contributed by atoms with Crippen molar-refractivity contribution in [2.75, 3.05) is 19.0 Å². The Morgan fingerprint density at radius 2 is 1.67 bits per heavy atom. The molecule has 1 N–H and O–H groups in total. The predicted octanol–water partition coefficient (Wildman–Crippen LogP) is 3.79. The largest absolute Gasteiger partial charge is 0.483 e. The fourth-order valence-electron chi connectivity index (χ4n) is 2.67. The van der Waals surface area contributed by atoms with Gasteiger partial charge in [0.1, 0.15) is 5.75 Å². The normalized spacial score (nSPS) is 10.3. The van der Waals surface area contributed by atoms with E-state index in [9.17, 15) is 4.79 Å². The number of amides is 1. The predicted molar refractivity (Wildman–Crippen MR) is 104 cm³/mol. The molecule has 138 valence electrons. The van der Waals surface area contributed by atoms with Gasteiger partial charge in [-0.3, -0.25) is 4.79 Å². The van der Waals surface area contributed by atoms with Gasteiger partial charge in [-0.25, -0.2) is 0 Å². The zero-order chi connectivity index (χ0) is 19.2. The fourth-order valence-corrected chi connectivity index (χ4v) is 2.67. The van der Waals surface area contributed by atoms with Gasteiger partial charge in [-0.1, -0.05) is 30.3 Å². The van der Waals surface area contributed by atoms with Crippen molar-refractivity contribution in [2.45, 2.75) is 13.8 Å². The van der Waals surface area contributed by atoms with Gasteiger partial charge in [0.25, 0.3) is 5.91 Å². The van der Waals surface area contributed by atoms with Crippen LogP contribution in [0.25, 0.3) is 11.3 Å². The van der Waals surface area contributed by atoms with E-state index in [0.717, 1.165) is 28.1 Å². The van der Waals surface area contributed by atoms with Gasteiger partial charge in [-0.15, -0.1) is 10.2 Å². The Kier molecular flexibility index (Phi) is 5.66. The molecule has 0 atom stereocenters. The standard InChI is InChI=1S/C21H21N3O3/c1-14-5-4-6-15(2)21(14)27-13-19(25)22-17-9-7-16(8-10-17)18-11-12-20(26-3)24-23-18/h4-12H,13H2,1-3H3,(H,22,25). The number of carbonyl (C=O) groups excluding carboxylic acids is 1. The van der Waals surface area contributed by atoms with Crippen LogP contribution in [-0.2, 0) is 4.79 Å². The van der Waals surface area contributed by atoms with E-state index < -0.39 is 0 Å². The van der Waals surface area contributed by atoms with Gasteiger partial charge in [0.05, 0.1) is 12.8 Å². The fraction of sp³-hybridized carbons (Fsp3) is 0.190. The lowest BCUT2D eigenvalue weighted by Gasteiger charge is -2.12. The monoisotopic (exact) mass is 363 g/mol. The number of aryl methyl sites for hydroxylation is 2. The number of nitrogens with zero attached hydrogens (tertiary/aromatic N) is 2. The summed E-state index contributed by atoms with van der Waals surface area (Å²) in [5, 5.41) is 10.9. The van der Waals surface area contributed by atoms with Crippen LogP contribution in [0.3, 0.4) is 0 Å². The maximum absolute atomic E-state index is 12.2. The smallest absolute Gasteiger partial charge is 0.262 e. The highest BCUT2D eigenvalue weighted by Gasteiger charge is 2.08. The molecule has 0 saturated heterocycles. The SMILES string of the molecule is COc1ccc(-c2ccc(NC(=O)COc3c(C)cccc3C)cc2)nn1. The van der Waals surface area contributed by atoms with E-state index in [1.54, 1.807) is 13.2 Å². The number of rotatable bonds is 6. The lowest BCUT2D eigenvalue weighted by Crippen LogP contribution is -2.20. The van der Waals surface area contributed by atoms with E-state index in [1.165, 1.54) is 0 Å². The second-order valence-electron chi connectivity index (χ2n) is 6.10. The maximum atomic E-state index is 12.2.